The molecule has 8 heteroatoms. The molecule has 0 N–H and O–H groups in total. The van der Waals surface area contributed by atoms with Gasteiger partial charge in [-0.1, -0.05) is 29.5 Å². The first-order valence-corrected chi connectivity index (χ1v) is 11.4. The summed E-state index contributed by atoms with van der Waals surface area (Å²) in [5.41, 5.74) is 3.28. The Kier molecular flexibility index (Phi) is 7.64. The molecule has 0 radical (unpaired) electrons. The average Bonchev–Trinajstić information content (AvgIpc) is 3.14. The second kappa shape index (κ2) is 10.1. The second-order valence-electron chi connectivity index (χ2n) is 8.38. The largest absolute Gasteiger partial charge is 0.482 e. The molecule has 1 aliphatic rings. The van der Waals surface area contributed by atoms with Crippen molar-refractivity contribution >= 4 is 45.0 Å². The van der Waals surface area contributed by atoms with Crippen LogP contribution < -0.4 is 14.4 Å². The summed E-state index contributed by atoms with van der Waals surface area (Å²) in [5, 5.41) is 0.710. The number of nitrogens with zero attached hydrogens (tertiary/aromatic N) is 3. The molecule has 6 nitrogen and oxygen atoms in total. The molecule has 2 unspecified atom stereocenters. The van der Waals surface area contributed by atoms with Crippen LogP contribution in [0.5, 0.6) is 11.5 Å². The number of aryl methyl sites for hydroxylation is 2. The topological polar surface area (TPSA) is 54.9 Å². The third-order valence-corrected chi connectivity index (χ3v) is 6.61. The minimum Gasteiger partial charge on any atom is -0.482 e. The van der Waals surface area contributed by atoms with E-state index < -0.39 is 12.2 Å². The second-order valence-corrected chi connectivity index (χ2v) is 9.36. The number of amides is 1. The predicted octanol–water partition coefficient (Wildman–Crippen LogP) is 4.85. The van der Waals surface area contributed by atoms with E-state index in [1.165, 1.54) is 11.1 Å². The van der Waals surface area contributed by atoms with Crippen molar-refractivity contribution in [2.45, 2.75) is 39.4 Å². The maximum atomic E-state index is 13.7. The molecule has 1 aliphatic heterocycles. The van der Waals surface area contributed by atoms with E-state index in [0.29, 0.717) is 23.2 Å². The Morgan fingerprint density at radius 1 is 1.09 bits per heavy atom. The van der Waals surface area contributed by atoms with Crippen LogP contribution in [0.1, 0.15) is 24.5 Å². The van der Waals surface area contributed by atoms with Crippen molar-refractivity contribution in [3.05, 3.63) is 47.5 Å². The van der Waals surface area contributed by atoms with Gasteiger partial charge in [-0.05, 0) is 77.2 Å². The van der Waals surface area contributed by atoms with E-state index >= 15 is 0 Å². The Morgan fingerprint density at radius 3 is 2.47 bits per heavy atom. The first-order valence-electron chi connectivity index (χ1n) is 10.6. The molecule has 2 atom stereocenters. The third-order valence-electron chi connectivity index (χ3n) is 5.38. The molecule has 0 fully saturated rings. The molecule has 0 bridgehead atoms. The summed E-state index contributed by atoms with van der Waals surface area (Å²) >= 11 is 1.56. The van der Waals surface area contributed by atoms with Crippen molar-refractivity contribution in [2.75, 3.05) is 32.1 Å². The molecule has 1 aromatic heterocycles. The maximum absolute atomic E-state index is 13.7. The lowest BCUT2D eigenvalue weighted by molar-refractivity contribution is -0.130. The van der Waals surface area contributed by atoms with Crippen LogP contribution in [0.15, 0.2) is 36.4 Å². The van der Waals surface area contributed by atoms with Crippen molar-refractivity contribution < 1.29 is 14.3 Å². The van der Waals surface area contributed by atoms with E-state index in [2.05, 4.69) is 30.9 Å². The maximum Gasteiger partial charge on any atom is 0.273 e. The first kappa shape index (κ1) is 24.3. The quantitative estimate of drug-likeness (QED) is 0.510. The third kappa shape index (κ3) is 5.00. The standard InChI is InChI=1S/C24H29N3O3S.ClH/c1-15-13-16(2)22-18(14-15)25-24(31-22)27(12-8-11-26(4)5)23(28)21-17(3)29-19-9-6-7-10-20(19)30-21;/h6-7,9-10,13-14,17,21H,8,11-12H2,1-5H3;1H. The van der Waals surface area contributed by atoms with Crippen molar-refractivity contribution in [3.8, 4) is 11.5 Å². The Bertz CT molecular complexity index is 1100. The van der Waals surface area contributed by atoms with Gasteiger partial charge in [-0.25, -0.2) is 4.98 Å². The minimum atomic E-state index is -0.718. The number of para-hydroxylation sites is 2. The Morgan fingerprint density at radius 2 is 1.78 bits per heavy atom. The van der Waals surface area contributed by atoms with E-state index in [1.807, 2.05) is 45.3 Å². The normalized spacial score (nSPS) is 17.3. The number of benzene rings is 2. The highest BCUT2D eigenvalue weighted by Gasteiger charge is 2.38. The lowest BCUT2D eigenvalue weighted by atomic mass is 10.1. The highest BCUT2D eigenvalue weighted by molar-refractivity contribution is 7.22. The van der Waals surface area contributed by atoms with Gasteiger partial charge in [-0.15, -0.1) is 12.4 Å². The molecule has 0 saturated carbocycles. The van der Waals surface area contributed by atoms with Gasteiger partial charge in [-0.3, -0.25) is 9.69 Å². The highest BCUT2D eigenvalue weighted by atomic mass is 35.5. The summed E-state index contributed by atoms with van der Waals surface area (Å²) in [7, 11) is 4.07. The first-order chi connectivity index (χ1) is 14.8. The summed E-state index contributed by atoms with van der Waals surface area (Å²) in [6.07, 6.45) is -0.271. The molecule has 2 heterocycles. The molecule has 0 saturated heterocycles. The molecule has 4 rings (SSSR count). The van der Waals surface area contributed by atoms with Gasteiger partial charge in [0.1, 0.15) is 6.10 Å². The van der Waals surface area contributed by atoms with Gasteiger partial charge in [0.15, 0.2) is 16.6 Å². The number of halogens is 1. The van der Waals surface area contributed by atoms with Crippen LogP contribution in [0, 0.1) is 13.8 Å². The summed E-state index contributed by atoms with van der Waals surface area (Å²) < 4.78 is 13.2. The number of anilines is 1. The van der Waals surface area contributed by atoms with Gasteiger partial charge in [0.25, 0.3) is 5.91 Å². The molecule has 172 valence electrons. The minimum absolute atomic E-state index is 0. The fraction of sp³-hybridized carbons (Fsp3) is 0.417. The van der Waals surface area contributed by atoms with Crippen LogP contribution >= 0.6 is 23.7 Å². The van der Waals surface area contributed by atoms with E-state index in [-0.39, 0.29) is 18.3 Å². The summed E-state index contributed by atoms with van der Waals surface area (Å²) in [6, 6.07) is 11.7. The Hall–Kier alpha value is -2.35. The van der Waals surface area contributed by atoms with Crippen LogP contribution in [-0.2, 0) is 4.79 Å². The van der Waals surface area contributed by atoms with E-state index in [9.17, 15) is 4.79 Å². The molecule has 3 aromatic rings. The van der Waals surface area contributed by atoms with Crippen LogP contribution in [-0.4, -0.2) is 55.2 Å². The van der Waals surface area contributed by atoms with Crippen LogP contribution in [0.3, 0.4) is 0 Å². The zero-order valence-corrected chi connectivity index (χ0v) is 20.8. The molecular weight excluding hydrogens is 446 g/mol. The zero-order chi connectivity index (χ0) is 22.1. The number of hydrogen-bond acceptors (Lipinski definition) is 6. The van der Waals surface area contributed by atoms with Crippen LogP contribution in [0.4, 0.5) is 5.13 Å². The predicted molar refractivity (Wildman–Crippen MR) is 133 cm³/mol. The molecular formula is C24H30ClN3O3S. The Balaban J connectivity index is 0.00000289. The van der Waals surface area contributed by atoms with Crippen molar-refractivity contribution in [2.24, 2.45) is 0 Å². The smallest absolute Gasteiger partial charge is 0.273 e. The van der Waals surface area contributed by atoms with Gasteiger partial charge in [0.05, 0.1) is 10.2 Å². The summed E-state index contributed by atoms with van der Waals surface area (Å²) in [5.74, 6) is 1.15. The monoisotopic (exact) mass is 475 g/mol. The molecule has 0 spiro atoms. The summed E-state index contributed by atoms with van der Waals surface area (Å²) in [6.45, 7) is 7.49. The lowest BCUT2D eigenvalue weighted by Gasteiger charge is -2.33. The van der Waals surface area contributed by atoms with Gasteiger partial charge in [0.2, 0.25) is 6.10 Å². The number of rotatable bonds is 6. The van der Waals surface area contributed by atoms with Gasteiger partial charge >= 0.3 is 0 Å². The number of fused-ring (bicyclic) bond motifs is 2. The molecule has 1 amide bonds. The molecule has 0 aliphatic carbocycles. The fourth-order valence-electron chi connectivity index (χ4n) is 3.87. The number of carbonyl (C=O) groups excluding carboxylic acids is 1. The van der Waals surface area contributed by atoms with Crippen LogP contribution in [0.2, 0.25) is 0 Å². The summed E-state index contributed by atoms with van der Waals surface area (Å²) in [4.78, 5) is 22.4. The lowest BCUT2D eigenvalue weighted by Crippen LogP contribution is -2.51. The van der Waals surface area contributed by atoms with E-state index in [4.69, 9.17) is 14.5 Å². The number of carbonyl (C=O) groups is 1. The SMILES string of the molecule is Cc1cc(C)c2sc(N(CCCN(C)C)C(=O)C3Oc4ccccc4OC3C)nc2c1.Cl. The van der Waals surface area contributed by atoms with Crippen molar-refractivity contribution in [1.82, 2.24) is 9.88 Å². The Labute approximate surface area is 199 Å². The average molecular weight is 476 g/mol. The number of hydrogen-bond donors (Lipinski definition) is 0. The fourth-order valence-corrected chi connectivity index (χ4v) is 4.92. The van der Waals surface area contributed by atoms with Crippen molar-refractivity contribution in [1.29, 1.82) is 0 Å². The number of aromatic nitrogens is 1. The van der Waals surface area contributed by atoms with Crippen molar-refractivity contribution in [3.63, 3.8) is 0 Å². The van der Waals surface area contributed by atoms with Crippen LogP contribution in [0.25, 0.3) is 10.2 Å². The van der Waals surface area contributed by atoms with Gasteiger partial charge < -0.3 is 14.4 Å². The number of ether oxygens (including phenoxy) is 2. The van der Waals surface area contributed by atoms with Gasteiger partial charge in [0, 0.05) is 6.54 Å². The number of thiazole rings is 1. The van der Waals surface area contributed by atoms with E-state index in [1.54, 1.807) is 16.2 Å². The van der Waals surface area contributed by atoms with Gasteiger partial charge in [-0.2, -0.15) is 0 Å². The highest BCUT2D eigenvalue weighted by Crippen LogP contribution is 2.36. The molecule has 32 heavy (non-hydrogen) atoms. The molecule has 2 aromatic carbocycles. The zero-order valence-electron chi connectivity index (χ0n) is 19.1. The van der Waals surface area contributed by atoms with E-state index in [0.717, 1.165) is 23.2 Å².